The van der Waals surface area contributed by atoms with E-state index >= 15 is 0 Å². The fourth-order valence-corrected chi connectivity index (χ4v) is 2.94. The van der Waals surface area contributed by atoms with Crippen LogP contribution in [0.4, 0.5) is 0 Å². The molecule has 0 aromatic heterocycles. The average molecular weight is 418 g/mol. The third kappa shape index (κ3) is 4.89. The van der Waals surface area contributed by atoms with Crippen LogP contribution in [-0.4, -0.2) is 69.3 Å². The molecule has 9 nitrogen and oxygen atoms in total. The number of ether oxygens (including phenoxy) is 3. The molecular weight excluding hydrogens is 396 g/mol. The fourth-order valence-electron chi connectivity index (χ4n) is 2.94. The number of esters is 1. The van der Waals surface area contributed by atoms with Crippen molar-refractivity contribution in [3.05, 3.63) is 53.6 Å². The molecule has 0 aliphatic carbocycles. The second-order valence-corrected chi connectivity index (χ2v) is 6.72. The van der Waals surface area contributed by atoms with Crippen molar-refractivity contribution in [2.24, 2.45) is 0 Å². The number of carbonyl (C=O) groups is 1. The molecule has 1 fully saturated rings. The Bertz CT molecular complexity index is 909. The van der Waals surface area contributed by atoms with E-state index in [1.54, 1.807) is 24.3 Å². The van der Waals surface area contributed by atoms with E-state index in [1.807, 2.05) is 0 Å². The van der Waals surface area contributed by atoms with Gasteiger partial charge in [0.25, 0.3) is 0 Å². The monoisotopic (exact) mass is 418 g/mol. The van der Waals surface area contributed by atoms with Gasteiger partial charge >= 0.3 is 5.97 Å². The van der Waals surface area contributed by atoms with Gasteiger partial charge in [-0.2, -0.15) is 0 Å². The fraction of sp³-hybridized carbons (Fsp3) is 0.286. The van der Waals surface area contributed by atoms with Gasteiger partial charge in [-0.25, -0.2) is 4.79 Å². The summed E-state index contributed by atoms with van der Waals surface area (Å²) in [6, 6.07) is 10.8. The van der Waals surface area contributed by atoms with Crippen molar-refractivity contribution in [3.8, 4) is 17.2 Å². The third-order valence-electron chi connectivity index (χ3n) is 4.53. The minimum atomic E-state index is -1.71. The van der Waals surface area contributed by atoms with Crippen LogP contribution in [0.15, 0.2) is 42.5 Å². The summed E-state index contributed by atoms with van der Waals surface area (Å²) >= 11 is 0. The van der Waals surface area contributed by atoms with E-state index in [-0.39, 0.29) is 17.2 Å². The Labute approximate surface area is 172 Å². The van der Waals surface area contributed by atoms with E-state index in [2.05, 4.69) is 4.74 Å². The van der Waals surface area contributed by atoms with Crippen LogP contribution in [0.3, 0.4) is 0 Å². The second-order valence-electron chi connectivity index (χ2n) is 6.72. The van der Waals surface area contributed by atoms with Crippen molar-refractivity contribution in [2.75, 3.05) is 7.11 Å². The number of methoxy groups -OCH3 is 1. The van der Waals surface area contributed by atoms with Gasteiger partial charge in [-0.05, 0) is 35.4 Å². The molecule has 5 unspecified atom stereocenters. The van der Waals surface area contributed by atoms with Gasteiger partial charge in [0.15, 0.2) is 6.10 Å². The molecule has 0 bridgehead atoms. The standard InChI is InChI=1S/C21H22O9/c1-28-20(27)19-17(25)16(24)18(26)21(30-19)29-15-9-12(8-14(23)10-15)3-2-11-4-6-13(22)7-5-11/h2-10,16-19,21-26H,1H3/b3-2-. The van der Waals surface area contributed by atoms with Gasteiger partial charge in [0, 0.05) is 6.07 Å². The van der Waals surface area contributed by atoms with Crippen LogP contribution in [0.25, 0.3) is 12.2 Å². The molecule has 5 N–H and O–H groups in total. The number of aromatic hydroxyl groups is 2. The average Bonchev–Trinajstić information content (AvgIpc) is 2.73. The number of hydrogen-bond donors (Lipinski definition) is 5. The van der Waals surface area contributed by atoms with E-state index in [4.69, 9.17) is 9.47 Å². The zero-order chi connectivity index (χ0) is 21.8. The smallest absolute Gasteiger partial charge is 0.337 e. The summed E-state index contributed by atoms with van der Waals surface area (Å²) in [5.41, 5.74) is 1.36. The first kappa shape index (κ1) is 21.6. The molecule has 0 radical (unpaired) electrons. The topological polar surface area (TPSA) is 146 Å². The Morgan fingerprint density at radius 2 is 1.57 bits per heavy atom. The molecule has 1 aliphatic heterocycles. The maximum atomic E-state index is 11.8. The maximum Gasteiger partial charge on any atom is 0.337 e. The summed E-state index contributed by atoms with van der Waals surface area (Å²) in [5, 5.41) is 49.4. The first-order chi connectivity index (χ1) is 14.3. The molecule has 0 spiro atoms. The number of carbonyl (C=O) groups excluding carboxylic acids is 1. The van der Waals surface area contributed by atoms with Crippen LogP contribution in [-0.2, 0) is 14.3 Å². The molecule has 3 rings (SSSR count). The van der Waals surface area contributed by atoms with Crippen LogP contribution in [0.5, 0.6) is 17.2 Å². The van der Waals surface area contributed by atoms with Crippen LogP contribution in [0.2, 0.25) is 0 Å². The molecule has 1 heterocycles. The highest BCUT2D eigenvalue weighted by Crippen LogP contribution is 2.28. The molecular formula is C21H22O9. The highest BCUT2D eigenvalue weighted by Gasteiger charge is 2.48. The third-order valence-corrected chi connectivity index (χ3v) is 4.53. The Balaban J connectivity index is 1.78. The minimum absolute atomic E-state index is 0.0941. The molecule has 2 aromatic carbocycles. The number of aliphatic hydroxyl groups excluding tert-OH is 3. The quantitative estimate of drug-likeness (QED) is 0.348. The summed E-state index contributed by atoms with van der Waals surface area (Å²) in [6.45, 7) is 0. The highest BCUT2D eigenvalue weighted by molar-refractivity contribution is 5.75. The lowest BCUT2D eigenvalue weighted by molar-refractivity contribution is -0.271. The second kappa shape index (κ2) is 9.14. The van der Waals surface area contributed by atoms with Crippen molar-refractivity contribution in [3.63, 3.8) is 0 Å². The minimum Gasteiger partial charge on any atom is -0.508 e. The van der Waals surface area contributed by atoms with Gasteiger partial charge in [0.05, 0.1) is 7.11 Å². The molecule has 30 heavy (non-hydrogen) atoms. The zero-order valence-corrected chi connectivity index (χ0v) is 16.0. The van der Waals surface area contributed by atoms with Gasteiger partial charge in [-0.1, -0.05) is 24.3 Å². The molecule has 2 aromatic rings. The number of phenolic OH excluding ortho intramolecular Hbond substituents is 2. The number of rotatable bonds is 5. The van der Waals surface area contributed by atoms with Gasteiger partial charge in [-0.3, -0.25) is 0 Å². The predicted octanol–water partition coefficient (Wildman–Crippen LogP) is 0.628. The Morgan fingerprint density at radius 3 is 2.23 bits per heavy atom. The molecule has 160 valence electrons. The van der Waals surface area contributed by atoms with E-state index in [9.17, 15) is 30.3 Å². The zero-order valence-electron chi connectivity index (χ0n) is 16.0. The van der Waals surface area contributed by atoms with E-state index < -0.39 is 36.7 Å². The first-order valence-corrected chi connectivity index (χ1v) is 9.04. The van der Waals surface area contributed by atoms with Crippen molar-refractivity contribution >= 4 is 18.1 Å². The molecule has 1 saturated heterocycles. The van der Waals surface area contributed by atoms with Crippen molar-refractivity contribution in [1.82, 2.24) is 0 Å². The van der Waals surface area contributed by atoms with E-state index in [0.29, 0.717) is 5.56 Å². The van der Waals surface area contributed by atoms with E-state index in [0.717, 1.165) is 12.7 Å². The van der Waals surface area contributed by atoms with Crippen molar-refractivity contribution in [1.29, 1.82) is 0 Å². The van der Waals surface area contributed by atoms with Crippen LogP contribution in [0, 0.1) is 0 Å². The lowest BCUT2D eigenvalue weighted by Crippen LogP contribution is -2.61. The van der Waals surface area contributed by atoms with Crippen molar-refractivity contribution < 1.29 is 44.5 Å². The molecule has 0 saturated carbocycles. The maximum absolute atomic E-state index is 11.8. The summed E-state index contributed by atoms with van der Waals surface area (Å²) in [4.78, 5) is 11.8. The summed E-state index contributed by atoms with van der Waals surface area (Å²) < 4.78 is 15.3. The number of aliphatic hydroxyl groups is 3. The lowest BCUT2D eigenvalue weighted by atomic mass is 9.99. The van der Waals surface area contributed by atoms with Gasteiger partial charge in [0.1, 0.15) is 35.6 Å². The number of hydrogen-bond acceptors (Lipinski definition) is 9. The highest BCUT2D eigenvalue weighted by atomic mass is 16.7. The SMILES string of the molecule is COC(=O)C1OC(Oc2cc(O)cc(/C=C\c3ccc(O)cc3)c2)C(O)C(O)C1O. The van der Waals surface area contributed by atoms with Crippen LogP contribution < -0.4 is 4.74 Å². The van der Waals surface area contributed by atoms with Gasteiger partial charge in [-0.15, -0.1) is 0 Å². The van der Waals surface area contributed by atoms with Crippen LogP contribution >= 0.6 is 0 Å². The van der Waals surface area contributed by atoms with Crippen molar-refractivity contribution in [2.45, 2.75) is 30.7 Å². The van der Waals surface area contributed by atoms with Gasteiger partial charge in [0.2, 0.25) is 6.29 Å². The Kier molecular flexibility index (Phi) is 6.58. The number of phenols is 2. The van der Waals surface area contributed by atoms with Gasteiger partial charge < -0.3 is 39.7 Å². The lowest BCUT2D eigenvalue weighted by Gasteiger charge is -2.38. The predicted molar refractivity (Wildman–Crippen MR) is 104 cm³/mol. The summed E-state index contributed by atoms with van der Waals surface area (Å²) in [6.07, 6.45) is -4.67. The Morgan fingerprint density at radius 1 is 0.900 bits per heavy atom. The normalized spacial score (nSPS) is 26.5. The molecule has 5 atom stereocenters. The molecule has 1 aliphatic rings. The Hall–Kier alpha value is -3.11. The van der Waals surface area contributed by atoms with Crippen LogP contribution in [0.1, 0.15) is 11.1 Å². The number of benzene rings is 2. The molecule has 0 amide bonds. The summed E-state index contributed by atoms with van der Waals surface area (Å²) in [5.74, 6) is -0.829. The largest absolute Gasteiger partial charge is 0.508 e. The summed E-state index contributed by atoms with van der Waals surface area (Å²) in [7, 11) is 1.09. The first-order valence-electron chi connectivity index (χ1n) is 9.04. The molecule has 9 heteroatoms. The van der Waals surface area contributed by atoms with E-state index in [1.165, 1.54) is 30.3 Å².